The van der Waals surface area contributed by atoms with E-state index in [-0.39, 0.29) is 18.3 Å². The lowest BCUT2D eigenvalue weighted by molar-refractivity contribution is -0.385. The molecule has 0 spiro atoms. The lowest BCUT2D eigenvalue weighted by Gasteiger charge is -2.21. The molecule has 0 radical (unpaired) electrons. The van der Waals surface area contributed by atoms with Gasteiger partial charge in [0.25, 0.3) is 0 Å². The number of aliphatic hydroxyl groups is 1. The monoisotopic (exact) mass is 240 g/mol. The van der Waals surface area contributed by atoms with Crippen LogP contribution >= 0.6 is 0 Å². The Hall–Kier alpha value is -1.76. The van der Waals surface area contributed by atoms with Crippen LogP contribution in [0.2, 0.25) is 0 Å². The van der Waals surface area contributed by atoms with Crippen LogP contribution in [0.3, 0.4) is 0 Å². The second-order valence-electron chi connectivity index (χ2n) is 4.03. The van der Waals surface area contributed by atoms with Gasteiger partial charge in [-0.25, -0.2) is 9.97 Å². The highest BCUT2D eigenvalue weighted by Crippen LogP contribution is 2.13. The van der Waals surface area contributed by atoms with Gasteiger partial charge < -0.3 is 10.4 Å². The fourth-order valence-corrected chi connectivity index (χ4v) is 1.37. The standard InChI is InChI=1S/C10H16N4O3/c1-7(2)9(3-4-15)13-10-11-5-8(6-12-10)14(16)17/h5-7,9,15H,3-4H2,1-2H3,(H,11,12,13). The third-order valence-electron chi connectivity index (χ3n) is 2.41. The van der Waals surface area contributed by atoms with Crippen molar-refractivity contribution < 1.29 is 10.0 Å². The van der Waals surface area contributed by atoms with Crippen LogP contribution in [0.5, 0.6) is 0 Å². The van der Waals surface area contributed by atoms with E-state index in [1.54, 1.807) is 0 Å². The molecular formula is C10H16N4O3. The van der Waals surface area contributed by atoms with Crippen molar-refractivity contribution in [2.24, 2.45) is 5.92 Å². The number of anilines is 1. The molecule has 2 N–H and O–H groups in total. The van der Waals surface area contributed by atoms with E-state index >= 15 is 0 Å². The molecule has 0 saturated heterocycles. The van der Waals surface area contributed by atoms with Gasteiger partial charge in [-0.05, 0) is 12.3 Å². The highest BCUT2D eigenvalue weighted by atomic mass is 16.6. The topological polar surface area (TPSA) is 101 Å². The van der Waals surface area contributed by atoms with Gasteiger partial charge in [0.2, 0.25) is 5.95 Å². The number of hydrogen-bond donors (Lipinski definition) is 2. The predicted octanol–water partition coefficient (Wildman–Crippen LogP) is 1.20. The van der Waals surface area contributed by atoms with E-state index in [0.717, 1.165) is 12.4 Å². The molecule has 1 unspecified atom stereocenters. The first kappa shape index (κ1) is 13.3. The van der Waals surface area contributed by atoms with E-state index in [1.807, 2.05) is 13.8 Å². The normalized spacial score (nSPS) is 12.5. The zero-order valence-electron chi connectivity index (χ0n) is 9.83. The van der Waals surface area contributed by atoms with E-state index in [4.69, 9.17) is 5.11 Å². The van der Waals surface area contributed by atoms with E-state index in [0.29, 0.717) is 18.3 Å². The van der Waals surface area contributed by atoms with Crippen molar-refractivity contribution in [3.63, 3.8) is 0 Å². The number of aliphatic hydroxyl groups excluding tert-OH is 1. The quantitative estimate of drug-likeness (QED) is 0.572. The van der Waals surface area contributed by atoms with Crippen molar-refractivity contribution in [3.8, 4) is 0 Å². The van der Waals surface area contributed by atoms with Gasteiger partial charge in [-0.15, -0.1) is 0 Å². The molecule has 7 nitrogen and oxygen atoms in total. The van der Waals surface area contributed by atoms with Crippen LogP contribution in [0.25, 0.3) is 0 Å². The largest absolute Gasteiger partial charge is 0.396 e. The Bertz CT molecular complexity index is 366. The van der Waals surface area contributed by atoms with Crippen molar-refractivity contribution in [2.45, 2.75) is 26.3 Å². The first-order valence-corrected chi connectivity index (χ1v) is 5.38. The molecule has 1 aromatic rings. The van der Waals surface area contributed by atoms with Gasteiger partial charge in [0, 0.05) is 12.6 Å². The molecule has 0 aliphatic carbocycles. The molecule has 0 aliphatic heterocycles. The van der Waals surface area contributed by atoms with Gasteiger partial charge in [-0.1, -0.05) is 13.8 Å². The molecule has 0 saturated carbocycles. The predicted molar refractivity (Wildman–Crippen MR) is 62.6 cm³/mol. The third-order valence-corrected chi connectivity index (χ3v) is 2.41. The van der Waals surface area contributed by atoms with Gasteiger partial charge in [-0.3, -0.25) is 10.1 Å². The van der Waals surface area contributed by atoms with Gasteiger partial charge in [-0.2, -0.15) is 0 Å². The Morgan fingerprint density at radius 1 is 1.47 bits per heavy atom. The molecule has 1 rings (SSSR count). The summed E-state index contributed by atoms with van der Waals surface area (Å²) in [6.45, 7) is 4.10. The summed E-state index contributed by atoms with van der Waals surface area (Å²) in [4.78, 5) is 17.6. The van der Waals surface area contributed by atoms with Crippen molar-refractivity contribution in [1.82, 2.24) is 9.97 Å². The average molecular weight is 240 g/mol. The number of nitro groups is 1. The summed E-state index contributed by atoms with van der Waals surface area (Å²) in [7, 11) is 0. The van der Waals surface area contributed by atoms with Crippen molar-refractivity contribution in [1.29, 1.82) is 0 Å². The summed E-state index contributed by atoms with van der Waals surface area (Å²) in [6.07, 6.45) is 2.90. The molecule has 1 atom stereocenters. The third kappa shape index (κ3) is 3.95. The summed E-state index contributed by atoms with van der Waals surface area (Å²) >= 11 is 0. The van der Waals surface area contributed by atoms with E-state index in [1.165, 1.54) is 0 Å². The average Bonchev–Trinajstić information content (AvgIpc) is 2.29. The minimum Gasteiger partial charge on any atom is -0.396 e. The fourth-order valence-electron chi connectivity index (χ4n) is 1.37. The maximum Gasteiger partial charge on any atom is 0.305 e. The summed E-state index contributed by atoms with van der Waals surface area (Å²) in [5.74, 6) is 0.642. The van der Waals surface area contributed by atoms with Gasteiger partial charge in [0.05, 0.1) is 4.92 Å². The van der Waals surface area contributed by atoms with Crippen LogP contribution in [-0.2, 0) is 0 Å². The first-order valence-electron chi connectivity index (χ1n) is 5.38. The lowest BCUT2D eigenvalue weighted by atomic mass is 10.0. The second-order valence-corrected chi connectivity index (χ2v) is 4.03. The Balaban J connectivity index is 2.69. The second kappa shape index (κ2) is 6.09. The van der Waals surface area contributed by atoms with Crippen LogP contribution in [0.15, 0.2) is 12.4 Å². The first-order chi connectivity index (χ1) is 8.04. The molecule has 94 valence electrons. The number of hydrogen-bond acceptors (Lipinski definition) is 6. The van der Waals surface area contributed by atoms with Crippen LogP contribution < -0.4 is 5.32 Å². The summed E-state index contributed by atoms with van der Waals surface area (Å²) in [5, 5.41) is 22.4. The molecule has 7 heteroatoms. The summed E-state index contributed by atoms with van der Waals surface area (Å²) < 4.78 is 0. The summed E-state index contributed by atoms with van der Waals surface area (Å²) in [5.41, 5.74) is -0.140. The molecule has 1 heterocycles. The summed E-state index contributed by atoms with van der Waals surface area (Å²) in [6, 6.07) is 0.0430. The smallest absolute Gasteiger partial charge is 0.305 e. The van der Waals surface area contributed by atoms with Crippen molar-refractivity contribution in [2.75, 3.05) is 11.9 Å². The number of aromatic nitrogens is 2. The Kier molecular flexibility index (Phi) is 4.77. The minimum atomic E-state index is -0.544. The number of nitrogens with one attached hydrogen (secondary N) is 1. The number of nitrogens with zero attached hydrogens (tertiary/aromatic N) is 3. The minimum absolute atomic E-state index is 0.0430. The van der Waals surface area contributed by atoms with Crippen LogP contribution in [0.1, 0.15) is 20.3 Å². The van der Waals surface area contributed by atoms with Gasteiger partial charge >= 0.3 is 5.69 Å². The Morgan fingerprint density at radius 2 is 2.06 bits per heavy atom. The van der Waals surface area contributed by atoms with Crippen LogP contribution in [0.4, 0.5) is 11.6 Å². The Labute approximate surface area is 99.1 Å². The van der Waals surface area contributed by atoms with E-state index in [9.17, 15) is 10.1 Å². The molecule has 0 amide bonds. The number of rotatable bonds is 6. The molecule has 0 aliphatic rings. The fraction of sp³-hybridized carbons (Fsp3) is 0.600. The van der Waals surface area contributed by atoms with Gasteiger partial charge in [0.15, 0.2) is 0 Å². The highest BCUT2D eigenvalue weighted by Gasteiger charge is 2.14. The highest BCUT2D eigenvalue weighted by molar-refractivity contribution is 5.31. The van der Waals surface area contributed by atoms with E-state index in [2.05, 4.69) is 15.3 Å². The molecule has 0 aromatic carbocycles. The molecular weight excluding hydrogens is 224 g/mol. The van der Waals surface area contributed by atoms with Crippen molar-refractivity contribution >= 4 is 11.6 Å². The Morgan fingerprint density at radius 3 is 2.47 bits per heavy atom. The van der Waals surface area contributed by atoms with Crippen molar-refractivity contribution in [3.05, 3.63) is 22.5 Å². The molecule has 17 heavy (non-hydrogen) atoms. The maximum atomic E-state index is 10.4. The SMILES string of the molecule is CC(C)C(CCO)Nc1ncc([N+](=O)[O-])cn1. The molecule has 0 bridgehead atoms. The molecule has 0 fully saturated rings. The van der Waals surface area contributed by atoms with Crippen LogP contribution in [-0.4, -0.2) is 32.6 Å². The molecule has 1 aromatic heterocycles. The zero-order valence-corrected chi connectivity index (χ0v) is 9.83. The van der Waals surface area contributed by atoms with Crippen LogP contribution in [0, 0.1) is 16.0 Å². The van der Waals surface area contributed by atoms with Gasteiger partial charge in [0.1, 0.15) is 12.4 Å². The zero-order chi connectivity index (χ0) is 12.8. The van der Waals surface area contributed by atoms with E-state index < -0.39 is 4.92 Å². The lowest BCUT2D eigenvalue weighted by Crippen LogP contribution is -2.27. The maximum absolute atomic E-state index is 10.4.